The van der Waals surface area contributed by atoms with Crippen LogP contribution in [0.5, 0.6) is 0 Å². The summed E-state index contributed by atoms with van der Waals surface area (Å²) in [5, 5.41) is 13.0. The van der Waals surface area contributed by atoms with Gasteiger partial charge in [0, 0.05) is 12.1 Å². The van der Waals surface area contributed by atoms with Crippen LogP contribution in [0.3, 0.4) is 0 Å². The predicted octanol–water partition coefficient (Wildman–Crippen LogP) is 3.89. The minimum absolute atomic E-state index is 0.117. The van der Waals surface area contributed by atoms with Crippen molar-refractivity contribution in [3.63, 3.8) is 0 Å². The van der Waals surface area contributed by atoms with E-state index < -0.39 is 0 Å². The second-order valence-electron chi connectivity index (χ2n) is 7.04. The van der Waals surface area contributed by atoms with Gasteiger partial charge in [0.15, 0.2) is 0 Å². The van der Waals surface area contributed by atoms with Crippen LogP contribution in [-0.2, 0) is 4.74 Å². The summed E-state index contributed by atoms with van der Waals surface area (Å²) in [5.41, 5.74) is -0.117. The third-order valence-electron chi connectivity index (χ3n) is 4.94. The van der Waals surface area contributed by atoms with Crippen molar-refractivity contribution >= 4 is 0 Å². The Morgan fingerprint density at radius 1 is 1.24 bits per heavy atom. The standard InChI is InChI=1S/C18H37NO2/c1-4-12-19-18(3,15-20)11-6-7-13-21-17-10-8-9-16(5-2)14-17/h16-17,19-20H,4-15H2,1-3H3. The van der Waals surface area contributed by atoms with Crippen molar-refractivity contribution in [3.8, 4) is 0 Å². The summed E-state index contributed by atoms with van der Waals surface area (Å²) < 4.78 is 6.06. The smallest absolute Gasteiger partial charge is 0.0610 e. The number of hydrogen-bond acceptors (Lipinski definition) is 3. The van der Waals surface area contributed by atoms with Crippen molar-refractivity contribution in [2.24, 2.45) is 5.92 Å². The molecule has 1 aliphatic rings. The topological polar surface area (TPSA) is 41.5 Å². The average Bonchev–Trinajstić information content (AvgIpc) is 2.53. The van der Waals surface area contributed by atoms with Gasteiger partial charge in [0.2, 0.25) is 0 Å². The van der Waals surface area contributed by atoms with E-state index in [0.717, 1.165) is 44.8 Å². The van der Waals surface area contributed by atoms with Crippen LogP contribution in [0.1, 0.15) is 78.6 Å². The van der Waals surface area contributed by atoms with Gasteiger partial charge < -0.3 is 15.2 Å². The molecule has 0 saturated heterocycles. The first-order valence-corrected chi connectivity index (χ1v) is 9.11. The maximum atomic E-state index is 9.53. The number of nitrogens with one attached hydrogen (secondary N) is 1. The molecule has 0 radical (unpaired) electrons. The molecule has 1 rings (SSSR count). The van der Waals surface area contributed by atoms with Crippen LogP contribution in [-0.4, -0.2) is 36.5 Å². The molecule has 1 fully saturated rings. The van der Waals surface area contributed by atoms with Crippen molar-refractivity contribution in [1.82, 2.24) is 5.32 Å². The zero-order valence-corrected chi connectivity index (χ0v) is 14.5. The average molecular weight is 299 g/mol. The fraction of sp³-hybridized carbons (Fsp3) is 1.00. The first-order chi connectivity index (χ1) is 10.1. The summed E-state index contributed by atoms with van der Waals surface area (Å²) in [4.78, 5) is 0. The molecule has 126 valence electrons. The molecule has 0 heterocycles. The maximum absolute atomic E-state index is 9.53. The molecular weight excluding hydrogens is 262 g/mol. The largest absolute Gasteiger partial charge is 0.394 e. The van der Waals surface area contributed by atoms with Gasteiger partial charge in [-0.2, -0.15) is 0 Å². The minimum Gasteiger partial charge on any atom is -0.394 e. The molecule has 0 amide bonds. The summed E-state index contributed by atoms with van der Waals surface area (Å²) in [6.07, 6.45) is 11.4. The molecule has 0 aromatic heterocycles. The SMILES string of the molecule is CCCNC(C)(CO)CCCCOC1CCCC(CC)C1. The molecule has 1 saturated carbocycles. The molecule has 2 N–H and O–H groups in total. The van der Waals surface area contributed by atoms with Gasteiger partial charge in [-0.15, -0.1) is 0 Å². The van der Waals surface area contributed by atoms with E-state index in [1.807, 2.05) is 0 Å². The highest BCUT2D eigenvalue weighted by Gasteiger charge is 2.22. The van der Waals surface area contributed by atoms with Gasteiger partial charge in [-0.25, -0.2) is 0 Å². The number of aliphatic hydroxyl groups excluding tert-OH is 1. The van der Waals surface area contributed by atoms with Crippen molar-refractivity contribution < 1.29 is 9.84 Å². The Bertz CT molecular complexity index is 260. The highest BCUT2D eigenvalue weighted by molar-refractivity contribution is 4.81. The van der Waals surface area contributed by atoms with E-state index in [0.29, 0.717) is 6.10 Å². The van der Waals surface area contributed by atoms with E-state index in [-0.39, 0.29) is 12.1 Å². The van der Waals surface area contributed by atoms with E-state index in [9.17, 15) is 5.11 Å². The molecule has 3 atom stereocenters. The highest BCUT2D eigenvalue weighted by atomic mass is 16.5. The molecule has 0 aromatic carbocycles. The normalized spacial score (nSPS) is 25.7. The Morgan fingerprint density at radius 2 is 2.05 bits per heavy atom. The number of ether oxygens (including phenoxy) is 1. The van der Waals surface area contributed by atoms with Crippen molar-refractivity contribution in [3.05, 3.63) is 0 Å². The van der Waals surface area contributed by atoms with Gasteiger partial charge in [-0.3, -0.25) is 0 Å². The van der Waals surface area contributed by atoms with Crippen molar-refractivity contribution in [2.75, 3.05) is 19.8 Å². The molecular formula is C18H37NO2. The molecule has 0 bridgehead atoms. The molecule has 0 aromatic rings. The quantitative estimate of drug-likeness (QED) is 0.569. The summed E-state index contributed by atoms with van der Waals surface area (Å²) in [7, 11) is 0. The monoisotopic (exact) mass is 299 g/mol. The molecule has 3 nitrogen and oxygen atoms in total. The molecule has 0 aliphatic heterocycles. The third kappa shape index (κ3) is 7.62. The summed E-state index contributed by atoms with van der Waals surface area (Å²) in [6.45, 7) is 8.66. The lowest BCUT2D eigenvalue weighted by atomic mass is 9.85. The Morgan fingerprint density at radius 3 is 2.71 bits per heavy atom. The van der Waals surface area contributed by atoms with Gasteiger partial charge in [0.1, 0.15) is 0 Å². The summed E-state index contributed by atoms with van der Waals surface area (Å²) in [6, 6.07) is 0. The zero-order valence-electron chi connectivity index (χ0n) is 14.5. The van der Waals surface area contributed by atoms with Crippen LogP contribution in [0.2, 0.25) is 0 Å². The lowest BCUT2D eigenvalue weighted by Gasteiger charge is -2.30. The Hall–Kier alpha value is -0.120. The number of aliphatic hydroxyl groups is 1. The second-order valence-corrected chi connectivity index (χ2v) is 7.04. The fourth-order valence-electron chi connectivity index (χ4n) is 3.28. The van der Waals surface area contributed by atoms with Gasteiger partial charge in [-0.05, 0) is 57.9 Å². The third-order valence-corrected chi connectivity index (χ3v) is 4.94. The van der Waals surface area contributed by atoms with Crippen LogP contribution in [0.15, 0.2) is 0 Å². The van der Waals surface area contributed by atoms with E-state index in [1.165, 1.54) is 32.1 Å². The van der Waals surface area contributed by atoms with Crippen LogP contribution < -0.4 is 5.32 Å². The molecule has 3 unspecified atom stereocenters. The Kier molecular flexibility index (Phi) is 9.54. The molecule has 3 heteroatoms. The highest BCUT2D eigenvalue weighted by Crippen LogP contribution is 2.28. The zero-order chi connectivity index (χ0) is 15.6. The van der Waals surface area contributed by atoms with Crippen molar-refractivity contribution in [2.45, 2.75) is 90.2 Å². The van der Waals surface area contributed by atoms with Crippen LogP contribution in [0.25, 0.3) is 0 Å². The van der Waals surface area contributed by atoms with Crippen LogP contribution >= 0.6 is 0 Å². The van der Waals surface area contributed by atoms with Crippen LogP contribution in [0.4, 0.5) is 0 Å². The Labute approximate surface area is 131 Å². The lowest BCUT2D eigenvalue weighted by Crippen LogP contribution is -2.46. The number of rotatable bonds is 11. The molecule has 21 heavy (non-hydrogen) atoms. The fourth-order valence-corrected chi connectivity index (χ4v) is 3.28. The van der Waals surface area contributed by atoms with E-state index in [2.05, 4.69) is 26.1 Å². The molecule has 0 spiro atoms. The summed E-state index contributed by atoms with van der Waals surface area (Å²) >= 11 is 0. The predicted molar refractivity (Wildman–Crippen MR) is 89.6 cm³/mol. The van der Waals surface area contributed by atoms with E-state index in [1.54, 1.807) is 0 Å². The maximum Gasteiger partial charge on any atom is 0.0610 e. The van der Waals surface area contributed by atoms with E-state index in [4.69, 9.17) is 4.74 Å². The Balaban J connectivity index is 2.10. The van der Waals surface area contributed by atoms with Crippen molar-refractivity contribution in [1.29, 1.82) is 0 Å². The van der Waals surface area contributed by atoms with Gasteiger partial charge in [-0.1, -0.05) is 33.1 Å². The number of hydrogen-bond donors (Lipinski definition) is 2. The lowest BCUT2D eigenvalue weighted by molar-refractivity contribution is 0.00977. The first-order valence-electron chi connectivity index (χ1n) is 9.11. The summed E-state index contributed by atoms with van der Waals surface area (Å²) in [5.74, 6) is 0.889. The second kappa shape index (κ2) is 10.6. The van der Waals surface area contributed by atoms with Gasteiger partial charge in [0.25, 0.3) is 0 Å². The minimum atomic E-state index is -0.117. The number of unbranched alkanes of at least 4 members (excludes halogenated alkanes) is 1. The first kappa shape index (κ1) is 18.9. The van der Waals surface area contributed by atoms with E-state index >= 15 is 0 Å². The van der Waals surface area contributed by atoms with Gasteiger partial charge >= 0.3 is 0 Å². The molecule has 1 aliphatic carbocycles. The van der Waals surface area contributed by atoms with Gasteiger partial charge in [0.05, 0.1) is 12.7 Å². The van der Waals surface area contributed by atoms with Crippen LogP contribution in [0, 0.1) is 5.92 Å².